The van der Waals surface area contributed by atoms with Gasteiger partial charge in [0.15, 0.2) is 0 Å². The van der Waals surface area contributed by atoms with Crippen molar-refractivity contribution < 1.29 is 14.5 Å². The normalized spacial score (nSPS) is 11.8. The van der Waals surface area contributed by atoms with Crippen LogP contribution in [0.5, 0.6) is 5.75 Å². The molecule has 1 aromatic heterocycles. The van der Waals surface area contributed by atoms with Crippen molar-refractivity contribution in [1.29, 1.82) is 0 Å². The summed E-state index contributed by atoms with van der Waals surface area (Å²) in [6.45, 7) is 5.74. The Kier molecular flexibility index (Phi) is 5.55. The molecule has 0 saturated heterocycles. The minimum atomic E-state index is -0.707. The summed E-state index contributed by atoms with van der Waals surface area (Å²) < 4.78 is 6.94. The lowest BCUT2D eigenvalue weighted by atomic mass is 10.2. The molecule has 128 valence electrons. The lowest BCUT2D eigenvalue weighted by Gasteiger charge is -2.12. The second-order valence-corrected chi connectivity index (χ2v) is 5.84. The quantitative estimate of drug-likeness (QED) is 0.595. The number of aromatic nitrogens is 2. The third-order valence-electron chi connectivity index (χ3n) is 3.41. The lowest BCUT2D eigenvalue weighted by Crippen LogP contribution is -2.25. The minimum absolute atomic E-state index is 0.271. The standard InChI is InChI=1S/C15H17BrN4O4/c1-4-24-12-7-5-11(6-8-12)17-15(21)10(3)19-9(2)13(16)14(18-19)20(22)23/h5-8,10H,4H2,1-3H3,(H,17,21)/t10-/m0/s1. The summed E-state index contributed by atoms with van der Waals surface area (Å²) >= 11 is 3.14. The van der Waals surface area contributed by atoms with Gasteiger partial charge in [-0.1, -0.05) is 0 Å². The van der Waals surface area contributed by atoms with Gasteiger partial charge in [-0.2, -0.15) is 4.68 Å². The first-order chi connectivity index (χ1) is 11.3. The summed E-state index contributed by atoms with van der Waals surface area (Å²) in [5, 5.41) is 17.6. The van der Waals surface area contributed by atoms with E-state index >= 15 is 0 Å². The van der Waals surface area contributed by atoms with E-state index in [-0.39, 0.29) is 16.2 Å². The van der Waals surface area contributed by atoms with Gasteiger partial charge in [0.05, 0.1) is 17.4 Å². The Hall–Kier alpha value is -2.42. The van der Waals surface area contributed by atoms with Gasteiger partial charge in [-0.05, 0) is 65.9 Å². The predicted molar refractivity (Wildman–Crippen MR) is 92.3 cm³/mol. The van der Waals surface area contributed by atoms with Gasteiger partial charge in [0.1, 0.15) is 16.3 Å². The predicted octanol–water partition coefficient (Wildman–Crippen LogP) is 3.46. The number of halogens is 1. The van der Waals surface area contributed by atoms with Crippen molar-refractivity contribution in [3.8, 4) is 5.75 Å². The molecule has 0 saturated carbocycles. The summed E-state index contributed by atoms with van der Waals surface area (Å²) in [5.74, 6) is 0.0754. The molecule has 2 aromatic rings. The van der Waals surface area contributed by atoms with Gasteiger partial charge in [-0.3, -0.25) is 4.79 Å². The monoisotopic (exact) mass is 396 g/mol. The van der Waals surface area contributed by atoms with Crippen molar-refractivity contribution in [3.05, 3.63) is 44.5 Å². The van der Waals surface area contributed by atoms with Crippen LogP contribution in [-0.4, -0.2) is 27.2 Å². The van der Waals surface area contributed by atoms with E-state index < -0.39 is 11.0 Å². The van der Waals surface area contributed by atoms with Crippen LogP contribution in [0, 0.1) is 17.0 Å². The molecule has 0 aliphatic rings. The van der Waals surface area contributed by atoms with Crippen LogP contribution in [0.3, 0.4) is 0 Å². The average Bonchev–Trinajstić information content (AvgIpc) is 2.85. The van der Waals surface area contributed by atoms with Crippen LogP contribution in [-0.2, 0) is 4.79 Å². The first-order valence-corrected chi connectivity index (χ1v) is 8.07. The van der Waals surface area contributed by atoms with Crippen LogP contribution in [0.1, 0.15) is 25.6 Å². The molecule has 1 N–H and O–H groups in total. The van der Waals surface area contributed by atoms with Crippen LogP contribution < -0.4 is 10.1 Å². The lowest BCUT2D eigenvalue weighted by molar-refractivity contribution is -0.390. The summed E-state index contributed by atoms with van der Waals surface area (Å²) in [6.07, 6.45) is 0. The number of hydrogen-bond acceptors (Lipinski definition) is 5. The Morgan fingerprint density at radius 2 is 2.08 bits per heavy atom. The summed E-state index contributed by atoms with van der Waals surface area (Å²) in [7, 11) is 0. The zero-order chi connectivity index (χ0) is 17.9. The van der Waals surface area contributed by atoms with Gasteiger partial charge < -0.3 is 20.2 Å². The van der Waals surface area contributed by atoms with Gasteiger partial charge >= 0.3 is 5.82 Å². The summed E-state index contributed by atoms with van der Waals surface area (Å²) in [4.78, 5) is 22.7. The smallest absolute Gasteiger partial charge is 0.404 e. The number of hydrogen-bond donors (Lipinski definition) is 1. The van der Waals surface area contributed by atoms with Crippen molar-refractivity contribution in [2.24, 2.45) is 0 Å². The van der Waals surface area contributed by atoms with Gasteiger partial charge in [-0.15, -0.1) is 0 Å². The number of anilines is 1. The molecule has 8 nitrogen and oxygen atoms in total. The van der Waals surface area contributed by atoms with Crippen LogP contribution in [0.2, 0.25) is 0 Å². The number of nitro groups is 1. The molecule has 0 spiro atoms. The number of carbonyl (C=O) groups is 1. The zero-order valence-electron chi connectivity index (χ0n) is 13.4. The summed E-state index contributed by atoms with van der Waals surface area (Å²) in [6, 6.07) is 6.25. The first kappa shape index (κ1) is 17.9. The number of ether oxygens (including phenoxy) is 1. The second-order valence-electron chi connectivity index (χ2n) is 5.05. The van der Waals surface area contributed by atoms with E-state index in [9.17, 15) is 14.9 Å². The third kappa shape index (κ3) is 3.73. The highest BCUT2D eigenvalue weighted by Gasteiger charge is 2.29. The maximum atomic E-state index is 12.4. The van der Waals surface area contributed by atoms with E-state index in [1.807, 2.05) is 6.92 Å². The van der Waals surface area contributed by atoms with Crippen LogP contribution in [0.25, 0.3) is 0 Å². The largest absolute Gasteiger partial charge is 0.494 e. The zero-order valence-corrected chi connectivity index (χ0v) is 15.0. The number of amides is 1. The molecule has 1 aromatic carbocycles. The van der Waals surface area contributed by atoms with Crippen LogP contribution in [0.15, 0.2) is 28.7 Å². The number of nitrogens with zero attached hydrogens (tertiary/aromatic N) is 3. The molecule has 0 bridgehead atoms. The van der Waals surface area contributed by atoms with Crippen molar-refractivity contribution >= 4 is 33.3 Å². The SMILES string of the molecule is CCOc1ccc(NC(=O)[C@H](C)n2nc([N+](=O)[O-])c(Br)c2C)cc1. The Balaban J connectivity index is 2.15. The van der Waals surface area contributed by atoms with Crippen molar-refractivity contribution in [3.63, 3.8) is 0 Å². The van der Waals surface area contributed by atoms with Crippen molar-refractivity contribution in [1.82, 2.24) is 9.78 Å². The van der Waals surface area contributed by atoms with E-state index in [2.05, 4.69) is 26.3 Å². The molecule has 0 fully saturated rings. The fourth-order valence-electron chi connectivity index (χ4n) is 2.14. The first-order valence-electron chi connectivity index (χ1n) is 7.27. The molecule has 1 heterocycles. The van der Waals surface area contributed by atoms with E-state index in [0.29, 0.717) is 23.7 Å². The number of carbonyl (C=O) groups excluding carboxylic acids is 1. The van der Waals surface area contributed by atoms with E-state index in [4.69, 9.17) is 4.74 Å². The third-order valence-corrected chi connectivity index (χ3v) is 4.34. The Morgan fingerprint density at radius 1 is 1.46 bits per heavy atom. The molecular weight excluding hydrogens is 380 g/mol. The Bertz CT molecular complexity index is 758. The molecule has 0 aliphatic carbocycles. The molecule has 1 atom stereocenters. The van der Waals surface area contributed by atoms with Gasteiger partial charge in [0.25, 0.3) is 5.91 Å². The maximum absolute atomic E-state index is 12.4. The number of benzene rings is 1. The molecular formula is C15H17BrN4O4. The van der Waals surface area contributed by atoms with Crippen LogP contribution in [0.4, 0.5) is 11.5 Å². The van der Waals surface area contributed by atoms with E-state index in [1.54, 1.807) is 38.1 Å². The topological polar surface area (TPSA) is 99.3 Å². The highest BCUT2D eigenvalue weighted by atomic mass is 79.9. The Labute approximate surface area is 147 Å². The number of nitrogens with one attached hydrogen (secondary N) is 1. The highest BCUT2D eigenvalue weighted by Crippen LogP contribution is 2.29. The van der Waals surface area contributed by atoms with Gasteiger partial charge in [0, 0.05) is 5.69 Å². The van der Waals surface area contributed by atoms with Gasteiger partial charge in [0.2, 0.25) is 0 Å². The van der Waals surface area contributed by atoms with Gasteiger partial charge in [-0.25, -0.2) is 0 Å². The van der Waals surface area contributed by atoms with E-state index in [1.165, 1.54) is 4.68 Å². The maximum Gasteiger partial charge on any atom is 0.404 e. The number of rotatable bonds is 6. The molecule has 1 amide bonds. The van der Waals surface area contributed by atoms with E-state index in [0.717, 1.165) is 0 Å². The Morgan fingerprint density at radius 3 is 2.58 bits per heavy atom. The fraction of sp³-hybridized carbons (Fsp3) is 0.333. The second kappa shape index (κ2) is 7.43. The molecule has 0 unspecified atom stereocenters. The molecule has 2 rings (SSSR count). The fourth-order valence-corrected chi connectivity index (χ4v) is 2.54. The van der Waals surface area contributed by atoms with Crippen molar-refractivity contribution in [2.75, 3.05) is 11.9 Å². The summed E-state index contributed by atoms with van der Waals surface area (Å²) in [5.41, 5.74) is 1.12. The minimum Gasteiger partial charge on any atom is -0.494 e. The van der Waals surface area contributed by atoms with Crippen molar-refractivity contribution in [2.45, 2.75) is 26.8 Å². The average molecular weight is 397 g/mol. The van der Waals surface area contributed by atoms with Crippen LogP contribution >= 0.6 is 15.9 Å². The molecule has 9 heteroatoms. The molecule has 0 aliphatic heterocycles. The molecule has 24 heavy (non-hydrogen) atoms. The molecule has 0 radical (unpaired) electrons. The highest BCUT2D eigenvalue weighted by molar-refractivity contribution is 9.10.